The average molecular weight is 310 g/mol. The van der Waals surface area contributed by atoms with E-state index in [2.05, 4.69) is 0 Å². The number of hydrogen-bond acceptors (Lipinski definition) is 0. The molecular formula is C18H12BF3N-. The van der Waals surface area contributed by atoms with Crippen molar-refractivity contribution in [3.8, 4) is 5.69 Å². The molecule has 1 aromatic heterocycles. The monoisotopic (exact) mass is 310 g/mol. The number of halogens is 3. The fourth-order valence-corrected chi connectivity index (χ4v) is 3.04. The van der Waals surface area contributed by atoms with Crippen LogP contribution in [0, 0.1) is 0 Å². The zero-order valence-electron chi connectivity index (χ0n) is 12.1. The van der Waals surface area contributed by atoms with Crippen LogP contribution in [0.4, 0.5) is 12.9 Å². The lowest BCUT2D eigenvalue weighted by Gasteiger charge is -2.16. The number of nitrogens with zero attached hydrogens (tertiary/aromatic N) is 1. The second-order valence-electron chi connectivity index (χ2n) is 5.54. The first-order valence-electron chi connectivity index (χ1n) is 7.34. The molecule has 1 nitrogen and oxygen atoms in total. The van der Waals surface area contributed by atoms with E-state index in [1.54, 1.807) is 0 Å². The number of aromatic nitrogens is 1. The van der Waals surface area contributed by atoms with Gasteiger partial charge in [-0.25, -0.2) is 0 Å². The molecule has 3 aromatic carbocycles. The third kappa shape index (κ3) is 2.20. The molecule has 0 radical (unpaired) electrons. The van der Waals surface area contributed by atoms with Crippen LogP contribution in [0.25, 0.3) is 27.5 Å². The summed E-state index contributed by atoms with van der Waals surface area (Å²) in [5.74, 6) is 0. The van der Waals surface area contributed by atoms with Gasteiger partial charge in [-0.1, -0.05) is 48.5 Å². The van der Waals surface area contributed by atoms with Crippen molar-refractivity contribution >= 4 is 34.2 Å². The molecule has 0 aliphatic rings. The SMILES string of the molecule is F[B-](F)(F)c1ccc(-n2c3ccccc3c3ccccc32)cc1. The quantitative estimate of drug-likeness (QED) is 0.467. The summed E-state index contributed by atoms with van der Waals surface area (Å²) in [5, 5.41) is 2.18. The zero-order chi connectivity index (χ0) is 16.0. The maximum Gasteiger partial charge on any atom is 0.509 e. The molecule has 0 saturated heterocycles. The summed E-state index contributed by atoms with van der Waals surface area (Å²) in [4.78, 5) is 0. The first kappa shape index (κ1) is 13.9. The molecule has 0 N–H and O–H groups in total. The van der Waals surface area contributed by atoms with Crippen molar-refractivity contribution in [2.24, 2.45) is 0 Å². The van der Waals surface area contributed by atoms with Crippen LogP contribution >= 0.6 is 0 Å². The molecule has 0 bridgehead atoms. The minimum Gasteiger partial charge on any atom is -0.445 e. The molecule has 0 aliphatic carbocycles. The highest BCUT2D eigenvalue weighted by Crippen LogP contribution is 2.31. The van der Waals surface area contributed by atoms with Crippen molar-refractivity contribution in [2.75, 3.05) is 0 Å². The van der Waals surface area contributed by atoms with Gasteiger partial charge < -0.3 is 17.5 Å². The Hall–Kier alpha value is -2.69. The summed E-state index contributed by atoms with van der Waals surface area (Å²) in [7, 11) is 0. The van der Waals surface area contributed by atoms with Crippen LogP contribution in [-0.4, -0.2) is 11.5 Å². The largest absolute Gasteiger partial charge is 0.509 e. The van der Waals surface area contributed by atoms with Gasteiger partial charge in [0, 0.05) is 16.5 Å². The van der Waals surface area contributed by atoms with Gasteiger partial charge in [-0.05, 0) is 24.3 Å². The van der Waals surface area contributed by atoms with Crippen molar-refractivity contribution in [3.05, 3.63) is 72.8 Å². The minimum atomic E-state index is -4.97. The predicted molar refractivity (Wildman–Crippen MR) is 89.5 cm³/mol. The Morgan fingerprint density at radius 1 is 0.609 bits per heavy atom. The van der Waals surface area contributed by atoms with Gasteiger partial charge in [0.25, 0.3) is 0 Å². The van der Waals surface area contributed by atoms with Gasteiger partial charge in [-0.2, -0.15) is 0 Å². The smallest absolute Gasteiger partial charge is 0.445 e. The Labute approximate surface area is 131 Å². The number of rotatable bonds is 2. The van der Waals surface area contributed by atoms with Crippen LogP contribution in [0.3, 0.4) is 0 Å². The van der Waals surface area contributed by atoms with E-state index in [-0.39, 0.29) is 0 Å². The van der Waals surface area contributed by atoms with Gasteiger partial charge in [0.2, 0.25) is 0 Å². The first-order chi connectivity index (χ1) is 11.1. The Balaban J connectivity index is 2.01. The summed E-state index contributed by atoms with van der Waals surface area (Å²) in [6.07, 6.45) is 0. The zero-order valence-corrected chi connectivity index (χ0v) is 12.1. The topological polar surface area (TPSA) is 4.93 Å². The molecule has 0 amide bonds. The third-order valence-electron chi connectivity index (χ3n) is 4.11. The highest BCUT2D eigenvalue weighted by Gasteiger charge is 2.25. The maximum atomic E-state index is 12.8. The second-order valence-corrected chi connectivity index (χ2v) is 5.54. The highest BCUT2D eigenvalue weighted by atomic mass is 19.4. The molecule has 0 aliphatic heterocycles. The summed E-state index contributed by atoms with van der Waals surface area (Å²) in [5.41, 5.74) is 2.12. The molecule has 0 fully saturated rings. The van der Waals surface area contributed by atoms with E-state index in [0.717, 1.165) is 39.6 Å². The number of para-hydroxylation sites is 2. The molecule has 4 aromatic rings. The molecule has 5 heteroatoms. The third-order valence-corrected chi connectivity index (χ3v) is 4.11. The van der Waals surface area contributed by atoms with E-state index in [9.17, 15) is 12.9 Å². The number of benzene rings is 3. The highest BCUT2D eigenvalue weighted by molar-refractivity contribution is 6.73. The fraction of sp³-hybridized carbons (Fsp3) is 0. The Morgan fingerprint density at radius 2 is 1.09 bits per heavy atom. The van der Waals surface area contributed by atoms with E-state index in [4.69, 9.17) is 0 Å². The first-order valence-corrected chi connectivity index (χ1v) is 7.34. The maximum absolute atomic E-state index is 12.8. The van der Waals surface area contributed by atoms with Gasteiger partial charge in [0.1, 0.15) is 0 Å². The van der Waals surface area contributed by atoms with Crippen molar-refractivity contribution in [3.63, 3.8) is 0 Å². The van der Waals surface area contributed by atoms with Gasteiger partial charge >= 0.3 is 6.98 Å². The lowest BCUT2D eigenvalue weighted by molar-refractivity contribution is 0.501. The van der Waals surface area contributed by atoms with Crippen LogP contribution in [-0.2, 0) is 0 Å². The summed E-state index contributed by atoms with van der Waals surface area (Å²) in [6, 6.07) is 21.2. The van der Waals surface area contributed by atoms with Crippen LogP contribution in [0.2, 0.25) is 0 Å². The van der Waals surface area contributed by atoms with Crippen molar-refractivity contribution in [2.45, 2.75) is 0 Å². The van der Waals surface area contributed by atoms with E-state index < -0.39 is 12.4 Å². The van der Waals surface area contributed by atoms with Gasteiger partial charge in [0.05, 0.1) is 11.0 Å². The summed E-state index contributed by atoms with van der Waals surface area (Å²) in [6.45, 7) is -4.97. The minimum absolute atomic E-state index is 0.575. The van der Waals surface area contributed by atoms with Crippen LogP contribution in [0.1, 0.15) is 0 Å². The normalized spacial score (nSPS) is 12.1. The number of fused-ring (bicyclic) bond motifs is 3. The van der Waals surface area contributed by atoms with E-state index in [1.165, 1.54) is 12.1 Å². The summed E-state index contributed by atoms with van der Waals surface area (Å²) < 4.78 is 40.5. The van der Waals surface area contributed by atoms with Crippen LogP contribution in [0.5, 0.6) is 0 Å². The Bertz CT molecular complexity index is 947. The van der Waals surface area contributed by atoms with Crippen LogP contribution < -0.4 is 5.46 Å². The van der Waals surface area contributed by atoms with Crippen molar-refractivity contribution < 1.29 is 12.9 Å². The van der Waals surface area contributed by atoms with E-state index >= 15 is 0 Å². The van der Waals surface area contributed by atoms with E-state index in [0.29, 0.717) is 0 Å². The molecule has 4 rings (SSSR count). The Kier molecular flexibility index (Phi) is 2.98. The van der Waals surface area contributed by atoms with E-state index in [1.807, 2.05) is 53.1 Å². The lowest BCUT2D eigenvalue weighted by Crippen LogP contribution is -2.33. The summed E-state index contributed by atoms with van der Waals surface area (Å²) >= 11 is 0. The van der Waals surface area contributed by atoms with Crippen molar-refractivity contribution in [1.82, 2.24) is 4.57 Å². The fourth-order valence-electron chi connectivity index (χ4n) is 3.04. The lowest BCUT2D eigenvalue weighted by atomic mass is 9.80. The van der Waals surface area contributed by atoms with Gasteiger partial charge in [0.15, 0.2) is 0 Å². The predicted octanol–water partition coefficient (Wildman–Crippen LogP) is 4.84. The molecule has 114 valence electrons. The standard InChI is InChI=1S/C18H12BF3N/c20-19(21,22)13-9-11-14(12-10-13)23-17-7-3-1-5-15(17)16-6-2-4-8-18(16)23/h1-12H/q-1. The molecular weight excluding hydrogens is 298 g/mol. The molecule has 0 spiro atoms. The van der Waals surface area contributed by atoms with Gasteiger partial charge in [-0.3, -0.25) is 0 Å². The van der Waals surface area contributed by atoms with Gasteiger partial charge in [-0.15, -0.1) is 5.46 Å². The van der Waals surface area contributed by atoms with Crippen LogP contribution in [0.15, 0.2) is 72.8 Å². The molecule has 0 unspecified atom stereocenters. The van der Waals surface area contributed by atoms with Crippen molar-refractivity contribution in [1.29, 1.82) is 0 Å². The number of hydrogen-bond donors (Lipinski definition) is 0. The molecule has 1 heterocycles. The second kappa shape index (κ2) is 4.91. The Morgan fingerprint density at radius 3 is 1.57 bits per heavy atom. The average Bonchev–Trinajstić information content (AvgIpc) is 2.89. The molecule has 0 saturated carbocycles. The molecule has 0 atom stereocenters. The molecule has 23 heavy (non-hydrogen) atoms.